The van der Waals surface area contributed by atoms with Crippen molar-refractivity contribution in [1.82, 2.24) is 40.0 Å². The van der Waals surface area contributed by atoms with Gasteiger partial charge in [-0.3, -0.25) is 4.90 Å². The number of nitrogens with one attached hydrogen (secondary N) is 1. The molecule has 0 spiro atoms. The molecule has 14 heteroatoms. The van der Waals surface area contributed by atoms with Gasteiger partial charge in [-0.15, -0.1) is 0 Å². The van der Waals surface area contributed by atoms with Gasteiger partial charge in [0.1, 0.15) is 29.6 Å². The Bertz CT molecular complexity index is 1680. The molecule has 0 radical (unpaired) electrons. The molecule has 1 aliphatic carbocycles. The van der Waals surface area contributed by atoms with E-state index in [9.17, 15) is 13.2 Å². The molecule has 1 N–H and O–H groups in total. The van der Waals surface area contributed by atoms with Crippen LogP contribution in [0.2, 0.25) is 0 Å². The highest BCUT2D eigenvalue weighted by Crippen LogP contribution is 2.45. The Morgan fingerprint density at radius 3 is 2.48 bits per heavy atom. The van der Waals surface area contributed by atoms with Crippen molar-refractivity contribution in [3.63, 3.8) is 0 Å². The van der Waals surface area contributed by atoms with Gasteiger partial charge in [0.05, 0.1) is 39.1 Å². The van der Waals surface area contributed by atoms with Gasteiger partial charge in [-0.05, 0) is 44.7 Å². The Kier molecular flexibility index (Phi) is 9.98. The number of hydrogen-bond acceptors (Lipinski definition) is 11. The SMILES string of the molecule is COc1ncnc(C2CC2)c1-c1nc(C)nc(N(CC#CCN2CCOCC2)Cc2ccc(C3NC(C(F)(F)F)=CN3C(C)C)cc2)n1. The van der Waals surface area contributed by atoms with Crippen molar-refractivity contribution in [1.29, 1.82) is 0 Å². The maximum absolute atomic E-state index is 13.5. The fourth-order valence-electron chi connectivity index (χ4n) is 5.78. The molecule has 11 nitrogen and oxygen atoms in total. The van der Waals surface area contributed by atoms with Crippen LogP contribution in [0.1, 0.15) is 61.4 Å². The van der Waals surface area contributed by atoms with Crippen molar-refractivity contribution in [2.24, 2.45) is 0 Å². The summed E-state index contributed by atoms with van der Waals surface area (Å²) in [5, 5.41) is 2.65. The van der Waals surface area contributed by atoms with Gasteiger partial charge in [0.15, 0.2) is 5.82 Å². The fourth-order valence-corrected chi connectivity index (χ4v) is 5.78. The lowest BCUT2D eigenvalue weighted by Crippen LogP contribution is -2.36. The monoisotopic (exact) mass is 663 g/mol. The summed E-state index contributed by atoms with van der Waals surface area (Å²) in [6.45, 7) is 10.0. The molecule has 1 atom stereocenters. The third kappa shape index (κ3) is 7.79. The predicted molar refractivity (Wildman–Crippen MR) is 174 cm³/mol. The number of anilines is 1. The second kappa shape index (κ2) is 14.3. The van der Waals surface area contributed by atoms with E-state index >= 15 is 0 Å². The van der Waals surface area contributed by atoms with Crippen LogP contribution in [0, 0.1) is 18.8 Å². The third-order valence-electron chi connectivity index (χ3n) is 8.48. The first kappa shape index (κ1) is 33.4. The number of benzene rings is 1. The number of methoxy groups -OCH3 is 1. The van der Waals surface area contributed by atoms with Crippen molar-refractivity contribution in [2.45, 2.75) is 64.5 Å². The van der Waals surface area contributed by atoms with E-state index in [2.05, 4.69) is 37.0 Å². The molecule has 3 aliphatic rings. The molecule has 2 aliphatic heterocycles. The van der Waals surface area contributed by atoms with Crippen LogP contribution in [0.15, 0.2) is 42.5 Å². The van der Waals surface area contributed by atoms with Gasteiger partial charge in [0, 0.05) is 37.8 Å². The molecule has 3 aromatic rings. The third-order valence-corrected chi connectivity index (χ3v) is 8.48. The lowest BCUT2D eigenvalue weighted by molar-refractivity contribution is -0.0963. The van der Waals surface area contributed by atoms with Gasteiger partial charge in [-0.25, -0.2) is 15.0 Å². The second-order valence-corrected chi connectivity index (χ2v) is 12.4. The average Bonchev–Trinajstić information content (AvgIpc) is 3.82. The molecule has 6 rings (SSSR count). The Morgan fingerprint density at radius 2 is 1.81 bits per heavy atom. The molecule has 2 fully saturated rings. The zero-order valence-electron chi connectivity index (χ0n) is 27.6. The lowest BCUT2D eigenvalue weighted by Gasteiger charge is -2.29. The van der Waals surface area contributed by atoms with Crippen LogP contribution < -0.4 is 15.0 Å². The molecular formula is C34H40F3N9O2. The van der Waals surface area contributed by atoms with Crippen LogP contribution >= 0.6 is 0 Å². The Hall–Kier alpha value is -4.48. The number of aryl methyl sites for hydroxylation is 1. The summed E-state index contributed by atoms with van der Waals surface area (Å²) < 4.78 is 51.7. The summed E-state index contributed by atoms with van der Waals surface area (Å²) >= 11 is 0. The van der Waals surface area contributed by atoms with E-state index in [-0.39, 0.29) is 6.04 Å². The van der Waals surface area contributed by atoms with E-state index in [0.29, 0.717) is 67.8 Å². The standard InChI is InChI=1S/C34H40F3N9O2/c1-22(2)46-20-27(34(35,36)37)42-31(46)26-9-7-24(8-10-26)19-45(14-6-5-13-44-15-17-48-18-16-44)33-41-23(3)40-30(43-33)28-29(25-11-12-25)38-21-39-32(28)47-4/h7-10,20-22,25,31,42H,11-19H2,1-4H3. The van der Waals surface area contributed by atoms with Crippen LogP contribution in [0.4, 0.5) is 19.1 Å². The van der Waals surface area contributed by atoms with Crippen molar-refractivity contribution in [2.75, 3.05) is 51.4 Å². The fraction of sp³-hybridized carbons (Fsp3) is 0.500. The Morgan fingerprint density at radius 1 is 1.06 bits per heavy atom. The molecule has 48 heavy (non-hydrogen) atoms. The number of aromatic nitrogens is 5. The highest BCUT2D eigenvalue weighted by molar-refractivity contribution is 5.66. The van der Waals surface area contributed by atoms with Crippen LogP contribution in [0.25, 0.3) is 11.4 Å². The molecule has 1 saturated carbocycles. The minimum absolute atomic E-state index is 0.135. The zero-order chi connectivity index (χ0) is 33.8. The molecular weight excluding hydrogens is 623 g/mol. The van der Waals surface area contributed by atoms with Crippen LogP contribution in [0.3, 0.4) is 0 Å². The normalized spacial score (nSPS) is 18.3. The van der Waals surface area contributed by atoms with E-state index in [1.165, 1.54) is 6.33 Å². The number of ether oxygens (including phenoxy) is 2. The van der Waals surface area contributed by atoms with E-state index in [0.717, 1.165) is 49.0 Å². The summed E-state index contributed by atoms with van der Waals surface area (Å²) in [6, 6.07) is 7.42. The summed E-state index contributed by atoms with van der Waals surface area (Å²) in [5.41, 5.74) is 2.43. The topological polar surface area (TPSA) is 105 Å². The van der Waals surface area contributed by atoms with Gasteiger partial charge >= 0.3 is 6.18 Å². The van der Waals surface area contributed by atoms with E-state index in [1.807, 2.05) is 49.9 Å². The molecule has 1 aromatic carbocycles. The van der Waals surface area contributed by atoms with Gasteiger partial charge in [-0.1, -0.05) is 36.1 Å². The van der Waals surface area contributed by atoms with Crippen LogP contribution in [-0.2, 0) is 11.3 Å². The minimum Gasteiger partial charge on any atom is -0.480 e. The van der Waals surface area contributed by atoms with Gasteiger partial charge < -0.3 is 24.6 Å². The Labute approximate surface area is 278 Å². The molecule has 0 bridgehead atoms. The molecule has 4 heterocycles. The number of halogens is 3. The first-order valence-electron chi connectivity index (χ1n) is 16.1. The first-order valence-corrected chi connectivity index (χ1v) is 16.1. The van der Waals surface area contributed by atoms with Crippen molar-refractivity contribution >= 4 is 5.95 Å². The van der Waals surface area contributed by atoms with Crippen LogP contribution in [0.5, 0.6) is 5.88 Å². The van der Waals surface area contributed by atoms with E-state index in [1.54, 1.807) is 12.0 Å². The summed E-state index contributed by atoms with van der Waals surface area (Å²) in [5.74, 6) is 8.71. The lowest BCUT2D eigenvalue weighted by atomic mass is 10.1. The molecule has 0 amide bonds. The van der Waals surface area contributed by atoms with Crippen molar-refractivity contribution in [3.8, 4) is 29.1 Å². The number of allylic oxidation sites excluding steroid dienone is 1. The summed E-state index contributed by atoms with van der Waals surface area (Å²) in [4.78, 5) is 29.1. The number of morpholine rings is 1. The number of alkyl halides is 3. The average molecular weight is 664 g/mol. The van der Waals surface area contributed by atoms with Crippen LogP contribution in [-0.4, -0.2) is 93.4 Å². The largest absolute Gasteiger partial charge is 0.480 e. The van der Waals surface area contributed by atoms with E-state index in [4.69, 9.17) is 19.4 Å². The maximum Gasteiger partial charge on any atom is 0.432 e. The van der Waals surface area contributed by atoms with Gasteiger partial charge in [-0.2, -0.15) is 23.1 Å². The molecule has 1 unspecified atom stereocenters. The maximum atomic E-state index is 13.5. The predicted octanol–water partition coefficient (Wildman–Crippen LogP) is 4.58. The summed E-state index contributed by atoms with van der Waals surface area (Å²) in [7, 11) is 1.57. The first-order chi connectivity index (χ1) is 23.1. The summed E-state index contributed by atoms with van der Waals surface area (Å²) in [6.07, 6.45) is -0.361. The molecule has 254 valence electrons. The van der Waals surface area contributed by atoms with Gasteiger partial charge in [0.2, 0.25) is 11.8 Å². The van der Waals surface area contributed by atoms with Crippen molar-refractivity contribution in [3.05, 3.63) is 65.1 Å². The zero-order valence-corrected chi connectivity index (χ0v) is 27.6. The number of nitrogens with zero attached hydrogens (tertiary/aromatic N) is 8. The Balaban J connectivity index is 1.28. The second-order valence-electron chi connectivity index (χ2n) is 12.4. The highest BCUT2D eigenvalue weighted by Gasteiger charge is 2.41. The molecule has 1 saturated heterocycles. The van der Waals surface area contributed by atoms with E-state index < -0.39 is 18.0 Å². The highest BCUT2D eigenvalue weighted by atomic mass is 19.4. The minimum atomic E-state index is -4.46. The molecule has 2 aromatic heterocycles. The number of hydrogen-bond donors (Lipinski definition) is 1. The van der Waals surface area contributed by atoms with Gasteiger partial charge in [0.25, 0.3) is 0 Å². The quantitative estimate of drug-likeness (QED) is 0.309. The number of rotatable bonds is 10. The smallest absolute Gasteiger partial charge is 0.432 e. The van der Waals surface area contributed by atoms with Crippen molar-refractivity contribution < 1.29 is 22.6 Å².